The fraction of sp³-hybridized carbons (Fsp3) is 0.182. The first-order chi connectivity index (χ1) is 13.2. The Balaban J connectivity index is 1.78. The SMILES string of the molecule is COc1coc(C(=O)N2CCc3ccccc3[C@H]2c2ccccc2)cc1=O. The van der Waals surface area contributed by atoms with Crippen LogP contribution in [0.15, 0.2) is 76.1 Å². The zero-order chi connectivity index (χ0) is 18.8. The van der Waals surface area contributed by atoms with Gasteiger partial charge in [-0.1, -0.05) is 54.6 Å². The van der Waals surface area contributed by atoms with Crippen molar-refractivity contribution in [3.05, 3.63) is 99.6 Å². The Bertz CT molecular complexity index is 1030. The number of carbonyl (C=O) groups excluding carboxylic acids is 1. The topological polar surface area (TPSA) is 59.8 Å². The number of fused-ring (bicyclic) bond motifs is 1. The molecule has 5 nitrogen and oxygen atoms in total. The van der Waals surface area contributed by atoms with E-state index in [9.17, 15) is 9.59 Å². The normalized spacial score (nSPS) is 15.9. The molecule has 5 heteroatoms. The molecule has 0 aliphatic carbocycles. The Morgan fingerprint density at radius 1 is 1.11 bits per heavy atom. The van der Waals surface area contributed by atoms with Gasteiger partial charge in [-0.3, -0.25) is 9.59 Å². The molecule has 2 heterocycles. The second-order valence-corrected chi connectivity index (χ2v) is 6.44. The highest BCUT2D eigenvalue weighted by Crippen LogP contribution is 2.35. The van der Waals surface area contributed by atoms with E-state index >= 15 is 0 Å². The number of rotatable bonds is 3. The van der Waals surface area contributed by atoms with Crippen LogP contribution < -0.4 is 10.2 Å². The highest BCUT2D eigenvalue weighted by Gasteiger charge is 2.33. The number of methoxy groups -OCH3 is 1. The molecule has 0 N–H and O–H groups in total. The van der Waals surface area contributed by atoms with Gasteiger partial charge in [-0.2, -0.15) is 0 Å². The van der Waals surface area contributed by atoms with E-state index in [1.54, 1.807) is 4.90 Å². The van der Waals surface area contributed by atoms with Crippen molar-refractivity contribution < 1.29 is 13.9 Å². The van der Waals surface area contributed by atoms with Gasteiger partial charge in [-0.05, 0) is 23.1 Å². The average Bonchev–Trinajstić information content (AvgIpc) is 2.73. The fourth-order valence-corrected chi connectivity index (χ4v) is 3.58. The van der Waals surface area contributed by atoms with E-state index in [0.29, 0.717) is 6.54 Å². The average molecular weight is 361 g/mol. The van der Waals surface area contributed by atoms with Crippen molar-refractivity contribution in [2.75, 3.05) is 13.7 Å². The molecule has 27 heavy (non-hydrogen) atoms. The standard InChI is InChI=1S/C22H19NO4/c1-26-20-14-27-19(13-18(20)24)22(25)23-12-11-15-7-5-6-10-17(15)21(23)16-8-3-2-4-9-16/h2-10,13-14,21H,11-12H2,1H3/t21-/m1/s1. The molecule has 0 saturated heterocycles. The summed E-state index contributed by atoms with van der Waals surface area (Å²) in [6.45, 7) is 0.547. The summed E-state index contributed by atoms with van der Waals surface area (Å²) in [5.74, 6) is -0.214. The summed E-state index contributed by atoms with van der Waals surface area (Å²) < 4.78 is 10.3. The lowest BCUT2D eigenvalue weighted by atomic mass is 9.88. The smallest absolute Gasteiger partial charge is 0.290 e. The second-order valence-electron chi connectivity index (χ2n) is 6.44. The Morgan fingerprint density at radius 3 is 2.59 bits per heavy atom. The molecule has 1 aliphatic heterocycles. The molecule has 0 bridgehead atoms. The van der Waals surface area contributed by atoms with Crippen molar-refractivity contribution in [2.45, 2.75) is 12.5 Å². The minimum atomic E-state index is -0.374. The van der Waals surface area contributed by atoms with Gasteiger partial charge in [0.05, 0.1) is 13.2 Å². The summed E-state index contributed by atoms with van der Waals surface area (Å²) in [6, 6.07) is 19.0. The molecule has 0 fully saturated rings. The van der Waals surface area contributed by atoms with Gasteiger partial charge in [0, 0.05) is 12.6 Å². The first-order valence-corrected chi connectivity index (χ1v) is 8.79. The molecule has 1 aliphatic rings. The Kier molecular flexibility index (Phi) is 4.50. The predicted molar refractivity (Wildman–Crippen MR) is 101 cm³/mol. The van der Waals surface area contributed by atoms with Crippen LogP contribution in [0.3, 0.4) is 0 Å². The molecule has 2 aromatic carbocycles. The summed E-state index contributed by atoms with van der Waals surface area (Å²) in [5.41, 5.74) is 2.97. The van der Waals surface area contributed by atoms with Crippen LogP contribution in [0.1, 0.15) is 33.3 Å². The van der Waals surface area contributed by atoms with Gasteiger partial charge in [-0.25, -0.2) is 0 Å². The predicted octanol–water partition coefficient (Wildman–Crippen LogP) is 3.44. The molecule has 1 aromatic heterocycles. The molecule has 0 saturated carbocycles. The highest BCUT2D eigenvalue weighted by atomic mass is 16.5. The monoisotopic (exact) mass is 361 g/mol. The molecular weight excluding hydrogens is 342 g/mol. The van der Waals surface area contributed by atoms with Gasteiger partial charge in [0.1, 0.15) is 6.26 Å². The molecule has 0 spiro atoms. The van der Waals surface area contributed by atoms with Crippen molar-refractivity contribution in [1.29, 1.82) is 0 Å². The van der Waals surface area contributed by atoms with Crippen LogP contribution in [0.25, 0.3) is 0 Å². The van der Waals surface area contributed by atoms with E-state index in [1.807, 2.05) is 42.5 Å². The van der Waals surface area contributed by atoms with E-state index in [4.69, 9.17) is 9.15 Å². The quantitative estimate of drug-likeness (QED) is 0.717. The van der Waals surface area contributed by atoms with Crippen LogP contribution >= 0.6 is 0 Å². The second kappa shape index (κ2) is 7.11. The van der Waals surface area contributed by atoms with Crippen LogP contribution in [-0.2, 0) is 6.42 Å². The zero-order valence-electron chi connectivity index (χ0n) is 14.9. The summed E-state index contributed by atoms with van der Waals surface area (Å²) in [6.07, 6.45) is 1.94. The molecular formula is C22H19NO4. The van der Waals surface area contributed by atoms with Gasteiger partial charge < -0.3 is 14.1 Å². The highest BCUT2D eigenvalue weighted by molar-refractivity contribution is 5.92. The number of ether oxygens (including phenoxy) is 1. The van der Waals surface area contributed by atoms with Gasteiger partial charge in [0.15, 0.2) is 5.76 Å². The van der Waals surface area contributed by atoms with Crippen LogP contribution in [0.4, 0.5) is 0 Å². The van der Waals surface area contributed by atoms with Crippen LogP contribution in [0, 0.1) is 0 Å². The number of benzene rings is 2. The number of hydrogen-bond acceptors (Lipinski definition) is 4. The largest absolute Gasteiger partial charge is 0.490 e. The van der Waals surface area contributed by atoms with E-state index in [1.165, 1.54) is 25.0 Å². The van der Waals surface area contributed by atoms with Crippen molar-refractivity contribution in [3.8, 4) is 5.75 Å². The zero-order valence-corrected chi connectivity index (χ0v) is 14.9. The van der Waals surface area contributed by atoms with E-state index in [2.05, 4.69) is 12.1 Å². The molecule has 136 valence electrons. The number of nitrogens with zero attached hydrogens (tertiary/aromatic N) is 1. The Labute approximate surface area is 156 Å². The van der Waals surface area contributed by atoms with Crippen molar-refractivity contribution in [2.24, 2.45) is 0 Å². The van der Waals surface area contributed by atoms with Crippen LogP contribution in [0.2, 0.25) is 0 Å². The van der Waals surface area contributed by atoms with E-state index < -0.39 is 0 Å². The summed E-state index contributed by atoms with van der Waals surface area (Å²) in [4.78, 5) is 27.0. The van der Waals surface area contributed by atoms with Crippen molar-refractivity contribution in [3.63, 3.8) is 0 Å². The lowest BCUT2D eigenvalue weighted by Gasteiger charge is -2.37. The molecule has 0 radical (unpaired) electrons. The number of carbonyl (C=O) groups is 1. The third kappa shape index (κ3) is 3.12. The number of hydrogen-bond donors (Lipinski definition) is 0. The van der Waals surface area contributed by atoms with E-state index in [0.717, 1.165) is 17.5 Å². The third-order valence-electron chi connectivity index (χ3n) is 4.89. The summed E-state index contributed by atoms with van der Waals surface area (Å²) in [5, 5.41) is 0. The Hall–Kier alpha value is -3.34. The minimum Gasteiger partial charge on any atom is -0.490 e. The fourth-order valence-electron chi connectivity index (χ4n) is 3.58. The lowest BCUT2D eigenvalue weighted by Crippen LogP contribution is -2.40. The summed E-state index contributed by atoms with van der Waals surface area (Å²) >= 11 is 0. The maximum Gasteiger partial charge on any atom is 0.290 e. The first-order valence-electron chi connectivity index (χ1n) is 8.79. The van der Waals surface area contributed by atoms with Crippen LogP contribution in [-0.4, -0.2) is 24.5 Å². The lowest BCUT2D eigenvalue weighted by molar-refractivity contribution is 0.0658. The summed E-state index contributed by atoms with van der Waals surface area (Å²) in [7, 11) is 1.39. The van der Waals surface area contributed by atoms with Gasteiger partial charge >= 0.3 is 0 Å². The number of amides is 1. The third-order valence-corrected chi connectivity index (χ3v) is 4.89. The molecule has 3 aromatic rings. The van der Waals surface area contributed by atoms with Crippen molar-refractivity contribution >= 4 is 5.91 Å². The first kappa shape index (κ1) is 17.1. The maximum atomic E-state index is 13.2. The maximum absolute atomic E-state index is 13.2. The molecule has 4 rings (SSSR count). The van der Waals surface area contributed by atoms with E-state index in [-0.39, 0.29) is 28.9 Å². The van der Waals surface area contributed by atoms with Crippen molar-refractivity contribution in [1.82, 2.24) is 4.90 Å². The van der Waals surface area contributed by atoms with Gasteiger partial charge in [0.2, 0.25) is 11.2 Å². The Morgan fingerprint density at radius 2 is 1.85 bits per heavy atom. The molecule has 1 atom stereocenters. The van der Waals surface area contributed by atoms with Crippen LogP contribution in [0.5, 0.6) is 5.75 Å². The van der Waals surface area contributed by atoms with Gasteiger partial charge in [-0.15, -0.1) is 0 Å². The minimum absolute atomic E-state index is 0.0149. The molecule has 1 amide bonds. The molecule has 0 unspecified atom stereocenters. The van der Waals surface area contributed by atoms with Gasteiger partial charge in [0.25, 0.3) is 5.91 Å².